The number of methoxy groups -OCH3 is 1. The van der Waals surface area contributed by atoms with Crippen LogP contribution in [-0.4, -0.2) is 47.5 Å². The minimum absolute atomic E-state index is 0.418. The van der Waals surface area contributed by atoms with Gasteiger partial charge >= 0.3 is 0 Å². The molecule has 0 amide bonds. The second-order valence-electron chi connectivity index (χ2n) is 5.22. The molecule has 1 atom stereocenters. The van der Waals surface area contributed by atoms with Gasteiger partial charge in [0.25, 0.3) is 0 Å². The number of hydrogen-bond donors (Lipinski definition) is 3. The maximum Gasteiger partial charge on any atom is 0.134 e. The van der Waals surface area contributed by atoms with Gasteiger partial charge in [-0.05, 0) is 20.3 Å². The van der Waals surface area contributed by atoms with Crippen molar-refractivity contribution < 1.29 is 9.84 Å². The number of nitrogens with zero attached hydrogens (tertiary/aromatic N) is 2. The summed E-state index contributed by atoms with van der Waals surface area (Å²) in [5.74, 6) is 1.58. The maximum absolute atomic E-state index is 10.2. The van der Waals surface area contributed by atoms with Crippen LogP contribution in [0.1, 0.15) is 32.3 Å². The normalized spacial score (nSPS) is 13.8. The van der Waals surface area contributed by atoms with E-state index in [-0.39, 0.29) is 0 Å². The number of nitrogens with one attached hydrogen (secondary N) is 2. The summed E-state index contributed by atoms with van der Waals surface area (Å²) in [7, 11) is 1.63. The first kappa shape index (κ1) is 16.7. The smallest absolute Gasteiger partial charge is 0.134 e. The molecule has 0 aliphatic heterocycles. The number of ether oxygens (including phenoxy) is 1. The lowest BCUT2D eigenvalue weighted by Gasteiger charge is -2.24. The fraction of sp³-hybridized carbons (Fsp3) is 0.714. The fourth-order valence-electron chi connectivity index (χ4n) is 1.73. The predicted molar refractivity (Wildman–Crippen MR) is 81.2 cm³/mol. The standard InChI is InChI=1S/C14H26N4O2/c1-5-7-15-12-11(2)13(18-10-17-12)16-9-14(3,19)6-8-20-4/h10,19H,5-9H2,1-4H3,(H2,15,16,17,18). The van der Waals surface area contributed by atoms with Crippen molar-refractivity contribution in [1.29, 1.82) is 0 Å². The summed E-state index contributed by atoms with van der Waals surface area (Å²) in [5, 5.41) is 16.7. The molecule has 0 aliphatic rings. The molecule has 0 saturated heterocycles. The van der Waals surface area contributed by atoms with Gasteiger partial charge in [0, 0.05) is 38.8 Å². The predicted octanol–water partition coefficient (Wildman–Crippen LogP) is 1.81. The van der Waals surface area contributed by atoms with Crippen LogP contribution in [0, 0.1) is 6.92 Å². The Morgan fingerprint density at radius 3 is 2.55 bits per heavy atom. The van der Waals surface area contributed by atoms with Crippen LogP contribution in [0.5, 0.6) is 0 Å². The molecule has 0 fully saturated rings. The van der Waals surface area contributed by atoms with Gasteiger partial charge in [0.15, 0.2) is 0 Å². The highest BCUT2D eigenvalue weighted by Crippen LogP contribution is 2.19. The van der Waals surface area contributed by atoms with Crippen LogP contribution in [0.2, 0.25) is 0 Å². The van der Waals surface area contributed by atoms with E-state index in [1.165, 1.54) is 6.33 Å². The number of aliphatic hydroxyl groups is 1. The molecule has 1 heterocycles. The van der Waals surface area contributed by atoms with E-state index < -0.39 is 5.60 Å². The highest BCUT2D eigenvalue weighted by Gasteiger charge is 2.20. The molecule has 6 heteroatoms. The van der Waals surface area contributed by atoms with Gasteiger partial charge in [0.2, 0.25) is 0 Å². The molecule has 0 bridgehead atoms. The van der Waals surface area contributed by atoms with E-state index >= 15 is 0 Å². The average molecular weight is 282 g/mol. The Morgan fingerprint density at radius 2 is 1.95 bits per heavy atom. The Bertz CT molecular complexity index is 410. The van der Waals surface area contributed by atoms with Crippen molar-refractivity contribution in [3.05, 3.63) is 11.9 Å². The second kappa shape index (κ2) is 8.01. The topological polar surface area (TPSA) is 79.3 Å². The quantitative estimate of drug-likeness (QED) is 0.641. The molecule has 20 heavy (non-hydrogen) atoms. The summed E-state index contributed by atoms with van der Waals surface area (Å²) in [6, 6.07) is 0. The molecule has 1 rings (SSSR count). The SMILES string of the molecule is CCCNc1ncnc(NCC(C)(O)CCOC)c1C. The summed E-state index contributed by atoms with van der Waals surface area (Å²) >= 11 is 0. The summed E-state index contributed by atoms with van der Waals surface area (Å²) in [4.78, 5) is 8.45. The minimum Gasteiger partial charge on any atom is -0.388 e. The zero-order valence-corrected chi connectivity index (χ0v) is 12.9. The van der Waals surface area contributed by atoms with Gasteiger partial charge in [-0.1, -0.05) is 6.92 Å². The van der Waals surface area contributed by atoms with Gasteiger partial charge < -0.3 is 20.5 Å². The third-order valence-corrected chi connectivity index (χ3v) is 3.11. The first-order valence-electron chi connectivity index (χ1n) is 7.01. The number of hydrogen-bond acceptors (Lipinski definition) is 6. The van der Waals surface area contributed by atoms with E-state index in [1.54, 1.807) is 14.0 Å². The number of rotatable bonds is 9. The molecular weight excluding hydrogens is 256 g/mol. The van der Waals surface area contributed by atoms with Gasteiger partial charge in [-0.25, -0.2) is 9.97 Å². The Kier molecular flexibility index (Phi) is 6.67. The van der Waals surface area contributed by atoms with Crippen molar-refractivity contribution in [2.45, 2.75) is 39.2 Å². The zero-order valence-electron chi connectivity index (χ0n) is 12.9. The third-order valence-electron chi connectivity index (χ3n) is 3.11. The lowest BCUT2D eigenvalue weighted by atomic mass is 10.0. The van der Waals surface area contributed by atoms with E-state index in [0.717, 1.165) is 30.2 Å². The zero-order chi connectivity index (χ0) is 15.0. The first-order chi connectivity index (χ1) is 9.50. The van der Waals surface area contributed by atoms with Crippen LogP contribution < -0.4 is 10.6 Å². The van der Waals surface area contributed by atoms with Gasteiger partial charge in [0.1, 0.15) is 18.0 Å². The molecule has 0 aliphatic carbocycles. The summed E-state index contributed by atoms with van der Waals surface area (Å²) in [6.45, 7) is 7.68. The maximum atomic E-state index is 10.2. The molecule has 1 aromatic heterocycles. The molecule has 114 valence electrons. The Hall–Kier alpha value is -1.40. The van der Waals surface area contributed by atoms with Crippen LogP contribution in [0.15, 0.2) is 6.33 Å². The second-order valence-corrected chi connectivity index (χ2v) is 5.22. The van der Waals surface area contributed by atoms with Crippen LogP contribution in [0.3, 0.4) is 0 Å². The molecule has 1 unspecified atom stereocenters. The van der Waals surface area contributed by atoms with E-state index in [1.807, 2.05) is 6.92 Å². The fourth-order valence-corrected chi connectivity index (χ4v) is 1.73. The Labute approximate surface area is 121 Å². The van der Waals surface area contributed by atoms with Gasteiger partial charge in [0.05, 0.1) is 5.60 Å². The Morgan fingerprint density at radius 1 is 1.30 bits per heavy atom. The number of aromatic nitrogens is 2. The molecule has 3 N–H and O–H groups in total. The average Bonchev–Trinajstić information content (AvgIpc) is 2.43. The lowest BCUT2D eigenvalue weighted by molar-refractivity contribution is 0.0357. The summed E-state index contributed by atoms with van der Waals surface area (Å²) < 4.78 is 4.99. The molecule has 0 radical (unpaired) electrons. The van der Waals surface area contributed by atoms with Crippen LogP contribution >= 0.6 is 0 Å². The van der Waals surface area contributed by atoms with Crippen molar-refractivity contribution >= 4 is 11.6 Å². The van der Waals surface area contributed by atoms with E-state index in [2.05, 4.69) is 27.5 Å². The molecule has 6 nitrogen and oxygen atoms in total. The minimum atomic E-state index is -0.829. The van der Waals surface area contributed by atoms with Crippen molar-refractivity contribution in [2.75, 3.05) is 37.4 Å². The molecular formula is C14H26N4O2. The van der Waals surface area contributed by atoms with Crippen molar-refractivity contribution in [3.8, 4) is 0 Å². The van der Waals surface area contributed by atoms with Crippen molar-refractivity contribution in [1.82, 2.24) is 9.97 Å². The van der Waals surface area contributed by atoms with Crippen molar-refractivity contribution in [3.63, 3.8) is 0 Å². The van der Waals surface area contributed by atoms with E-state index in [9.17, 15) is 5.11 Å². The van der Waals surface area contributed by atoms with Crippen LogP contribution in [0.4, 0.5) is 11.6 Å². The van der Waals surface area contributed by atoms with E-state index in [4.69, 9.17) is 4.74 Å². The van der Waals surface area contributed by atoms with Crippen molar-refractivity contribution in [2.24, 2.45) is 0 Å². The monoisotopic (exact) mass is 282 g/mol. The molecule has 0 spiro atoms. The Balaban J connectivity index is 2.63. The van der Waals surface area contributed by atoms with Gasteiger partial charge in [-0.3, -0.25) is 0 Å². The van der Waals surface area contributed by atoms with Gasteiger partial charge in [-0.15, -0.1) is 0 Å². The first-order valence-corrected chi connectivity index (χ1v) is 7.01. The van der Waals surface area contributed by atoms with Crippen LogP contribution in [-0.2, 0) is 4.74 Å². The highest BCUT2D eigenvalue weighted by atomic mass is 16.5. The largest absolute Gasteiger partial charge is 0.388 e. The molecule has 0 saturated carbocycles. The van der Waals surface area contributed by atoms with E-state index in [0.29, 0.717) is 19.6 Å². The molecule has 0 aromatic carbocycles. The van der Waals surface area contributed by atoms with Crippen LogP contribution in [0.25, 0.3) is 0 Å². The summed E-state index contributed by atoms with van der Waals surface area (Å²) in [6.07, 6.45) is 3.14. The van der Waals surface area contributed by atoms with Gasteiger partial charge in [-0.2, -0.15) is 0 Å². The highest BCUT2D eigenvalue weighted by molar-refractivity contribution is 5.56. The summed E-state index contributed by atoms with van der Waals surface area (Å²) in [5.41, 5.74) is 0.133. The lowest BCUT2D eigenvalue weighted by Crippen LogP contribution is -2.35. The molecule has 1 aromatic rings. The third kappa shape index (κ3) is 5.30. The number of anilines is 2.